The first-order valence-electron chi connectivity index (χ1n) is 13.5. The molecule has 0 N–H and O–H groups in total. The van der Waals surface area contributed by atoms with Crippen molar-refractivity contribution in [3.05, 3.63) is 42.4 Å². The van der Waals surface area contributed by atoms with E-state index >= 15 is 0 Å². The second-order valence-electron chi connectivity index (χ2n) is 10.0. The lowest BCUT2D eigenvalue weighted by Crippen LogP contribution is -2.41. The molecule has 3 aromatic rings. The number of piperidine rings is 1. The van der Waals surface area contributed by atoms with Crippen LogP contribution < -0.4 is 9.64 Å². The summed E-state index contributed by atoms with van der Waals surface area (Å²) in [4.78, 5) is 31.8. The maximum atomic E-state index is 13.3. The van der Waals surface area contributed by atoms with Crippen molar-refractivity contribution in [3.8, 4) is 5.88 Å². The highest BCUT2D eigenvalue weighted by Gasteiger charge is 2.29. The van der Waals surface area contributed by atoms with E-state index in [0.29, 0.717) is 30.8 Å². The molecular formula is C28H38N6O2. The van der Waals surface area contributed by atoms with Gasteiger partial charge >= 0.3 is 0 Å². The Kier molecular flexibility index (Phi) is 7.68. The highest BCUT2D eigenvalue weighted by molar-refractivity contribution is 5.78. The molecule has 1 atom stereocenters. The number of aryl methyl sites for hydroxylation is 1. The second kappa shape index (κ2) is 11.3. The first kappa shape index (κ1) is 24.5. The monoisotopic (exact) mass is 490 g/mol. The number of hydrogen-bond donors (Lipinski definition) is 0. The Morgan fingerprint density at radius 2 is 1.92 bits per heavy atom. The molecule has 1 amide bonds. The molecule has 3 heterocycles. The number of methoxy groups -OCH3 is 1. The number of benzene rings is 1. The van der Waals surface area contributed by atoms with Crippen LogP contribution in [0.4, 0.5) is 5.95 Å². The maximum absolute atomic E-state index is 13.3. The van der Waals surface area contributed by atoms with Crippen LogP contribution in [0.1, 0.15) is 70.0 Å². The molecule has 1 aliphatic carbocycles. The van der Waals surface area contributed by atoms with Crippen LogP contribution in [0.25, 0.3) is 11.0 Å². The van der Waals surface area contributed by atoms with Gasteiger partial charge in [0.15, 0.2) is 0 Å². The molecule has 2 aliphatic rings. The fourth-order valence-corrected chi connectivity index (χ4v) is 5.99. The summed E-state index contributed by atoms with van der Waals surface area (Å²) in [6, 6.07) is 10.5. The number of anilines is 1. The van der Waals surface area contributed by atoms with Gasteiger partial charge in [-0.05, 0) is 44.7 Å². The zero-order valence-corrected chi connectivity index (χ0v) is 21.6. The molecule has 0 spiro atoms. The Morgan fingerprint density at radius 3 is 2.72 bits per heavy atom. The van der Waals surface area contributed by atoms with E-state index in [9.17, 15) is 4.79 Å². The zero-order chi connectivity index (χ0) is 24.9. The molecule has 2 fully saturated rings. The zero-order valence-electron chi connectivity index (χ0n) is 21.6. The van der Waals surface area contributed by atoms with Crippen LogP contribution >= 0.6 is 0 Å². The maximum Gasteiger partial charge on any atom is 0.228 e. The van der Waals surface area contributed by atoms with Gasteiger partial charge < -0.3 is 19.1 Å². The van der Waals surface area contributed by atoms with Crippen LogP contribution in [0.3, 0.4) is 0 Å². The quantitative estimate of drug-likeness (QED) is 0.452. The van der Waals surface area contributed by atoms with Crippen LogP contribution in [0.2, 0.25) is 0 Å². The van der Waals surface area contributed by atoms with Gasteiger partial charge in [-0.1, -0.05) is 31.4 Å². The SMILES string of the molecule is CCN(C(=O)CCn1c(C2CCCN(c3nccc(OC)n3)C2)nc2ccccc21)C1CCCCC1. The molecule has 0 bridgehead atoms. The molecule has 1 aliphatic heterocycles. The smallest absolute Gasteiger partial charge is 0.228 e. The van der Waals surface area contributed by atoms with E-state index in [1.165, 1.54) is 19.3 Å². The predicted octanol–water partition coefficient (Wildman–Crippen LogP) is 4.79. The number of aromatic nitrogens is 4. The fraction of sp³-hybridized carbons (Fsp3) is 0.571. The number of ether oxygens (including phenoxy) is 1. The molecule has 8 nitrogen and oxygen atoms in total. The lowest BCUT2D eigenvalue weighted by molar-refractivity contribution is -0.134. The first-order chi connectivity index (χ1) is 17.7. The average Bonchev–Trinajstić information content (AvgIpc) is 3.31. The molecule has 36 heavy (non-hydrogen) atoms. The molecule has 1 saturated carbocycles. The third-order valence-electron chi connectivity index (χ3n) is 7.81. The van der Waals surface area contributed by atoms with Gasteiger partial charge in [-0.2, -0.15) is 4.98 Å². The molecule has 2 aromatic heterocycles. The van der Waals surface area contributed by atoms with Gasteiger partial charge in [0.2, 0.25) is 17.7 Å². The minimum atomic E-state index is 0.247. The molecule has 8 heteroatoms. The van der Waals surface area contributed by atoms with Gasteiger partial charge in [0.05, 0.1) is 18.1 Å². The van der Waals surface area contributed by atoms with Gasteiger partial charge in [-0.15, -0.1) is 0 Å². The van der Waals surface area contributed by atoms with Crippen molar-refractivity contribution < 1.29 is 9.53 Å². The summed E-state index contributed by atoms with van der Waals surface area (Å²) in [5.74, 6) is 2.85. The standard InChI is InChI=1S/C28H38N6O2/c1-3-33(22-11-5-4-6-12-22)26(35)16-19-34-24-14-8-7-13-23(24)30-27(34)21-10-9-18-32(20-21)28-29-17-15-25(31-28)36-2/h7-8,13-15,17,21-22H,3-6,9-12,16,18-20H2,1-2H3. The molecule has 192 valence electrons. The van der Waals surface area contributed by atoms with Crippen molar-refractivity contribution in [2.45, 2.75) is 76.8 Å². The van der Waals surface area contributed by atoms with Crippen molar-refractivity contribution in [2.24, 2.45) is 0 Å². The number of imidazole rings is 1. The summed E-state index contributed by atoms with van der Waals surface area (Å²) in [6.07, 6.45) is 10.4. The van der Waals surface area contributed by atoms with Crippen LogP contribution in [0.15, 0.2) is 36.5 Å². The summed E-state index contributed by atoms with van der Waals surface area (Å²) in [5, 5.41) is 0. The topological polar surface area (TPSA) is 76.4 Å². The van der Waals surface area contributed by atoms with Crippen LogP contribution in [-0.2, 0) is 11.3 Å². The lowest BCUT2D eigenvalue weighted by Gasteiger charge is -2.34. The minimum absolute atomic E-state index is 0.247. The Labute approximate surface area is 213 Å². The number of carbonyl (C=O) groups is 1. The Balaban J connectivity index is 1.36. The van der Waals surface area contributed by atoms with E-state index in [2.05, 4.69) is 49.5 Å². The third kappa shape index (κ3) is 5.18. The summed E-state index contributed by atoms with van der Waals surface area (Å²) < 4.78 is 7.61. The van der Waals surface area contributed by atoms with E-state index in [4.69, 9.17) is 9.72 Å². The molecule has 0 radical (unpaired) electrons. The number of amides is 1. The fourth-order valence-electron chi connectivity index (χ4n) is 5.99. The largest absolute Gasteiger partial charge is 0.481 e. The number of carbonyl (C=O) groups excluding carboxylic acids is 1. The van der Waals surface area contributed by atoms with Crippen LogP contribution in [-0.4, -0.2) is 63.1 Å². The van der Waals surface area contributed by atoms with Gasteiger partial charge in [0.1, 0.15) is 5.82 Å². The van der Waals surface area contributed by atoms with E-state index in [1.54, 1.807) is 19.4 Å². The van der Waals surface area contributed by atoms with Crippen LogP contribution in [0.5, 0.6) is 5.88 Å². The average molecular weight is 491 g/mol. The van der Waals surface area contributed by atoms with Crippen molar-refractivity contribution in [2.75, 3.05) is 31.6 Å². The Morgan fingerprint density at radius 1 is 1.08 bits per heavy atom. The summed E-state index contributed by atoms with van der Waals surface area (Å²) in [6.45, 7) is 5.27. The van der Waals surface area contributed by atoms with Crippen molar-refractivity contribution in [1.29, 1.82) is 0 Å². The number of fused-ring (bicyclic) bond motifs is 1. The number of rotatable bonds is 8. The van der Waals surface area contributed by atoms with Gasteiger partial charge in [-0.3, -0.25) is 4.79 Å². The Hall–Kier alpha value is -3.16. The van der Waals surface area contributed by atoms with Crippen LogP contribution in [0, 0.1) is 0 Å². The highest BCUT2D eigenvalue weighted by Crippen LogP contribution is 2.31. The summed E-state index contributed by atoms with van der Waals surface area (Å²) in [5.41, 5.74) is 2.10. The van der Waals surface area contributed by atoms with Gasteiger partial charge in [-0.25, -0.2) is 9.97 Å². The second-order valence-corrected chi connectivity index (χ2v) is 10.0. The number of nitrogens with zero attached hydrogens (tertiary/aromatic N) is 6. The predicted molar refractivity (Wildman–Crippen MR) is 141 cm³/mol. The first-order valence-corrected chi connectivity index (χ1v) is 13.5. The Bertz CT molecular complexity index is 1170. The van der Waals surface area contributed by atoms with Crippen molar-refractivity contribution in [3.63, 3.8) is 0 Å². The van der Waals surface area contributed by atoms with E-state index in [0.717, 1.165) is 62.2 Å². The van der Waals surface area contributed by atoms with Gasteiger partial charge in [0, 0.05) is 56.8 Å². The van der Waals surface area contributed by atoms with Crippen molar-refractivity contribution >= 4 is 22.9 Å². The molecular weight excluding hydrogens is 452 g/mol. The summed E-state index contributed by atoms with van der Waals surface area (Å²) in [7, 11) is 1.63. The minimum Gasteiger partial charge on any atom is -0.481 e. The molecule has 1 unspecified atom stereocenters. The van der Waals surface area contributed by atoms with E-state index in [-0.39, 0.29) is 11.8 Å². The van der Waals surface area contributed by atoms with Gasteiger partial charge in [0.25, 0.3) is 0 Å². The van der Waals surface area contributed by atoms with E-state index < -0.39 is 0 Å². The number of hydrogen-bond acceptors (Lipinski definition) is 6. The third-order valence-corrected chi connectivity index (χ3v) is 7.81. The molecule has 1 saturated heterocycles. The normalized spacial score (nSPS) is 18.9. The number of para-hydroxylation sites is 2. The molecule has 1 aromatic carbocycles. The van der Waals surface area contributed by atoms with E-state index in [1.807, 2.05) is 6.07 Å². The molecule has 5 rings (SSSR count). The van der Waals surface area contributed by atoms with Crippen molar-refractivity contribution in [1.82, 2.24) is 24.4 Å². The summed E-state index contributed by atoms with van der Waals surface area (Å²) >= 11 is 0. The highest BCUT2D eigenvalue weighted by atomic mass is 16.5. The lowest BCUT2D eigenvalue weighted by atomic mass is 9.94.